The Balaban J connectivity index is 2.46. The van der Waals surface area contributed by atoms with E-state index in [1.54, 1.807) is 0 Å². The molecule has 1 aromatic rings. The van der Waals surface area contributed by atoms with E-state index in [4.69, 9.17) is 0 Å². The Labute approximate surface area is 105 Å². The van der Waals surface area contributed by atoms with E-state index >= 15 is 0 Å². The van der Waals surface area contributed by atoms with E-state index in [2.05, 4.69) is 58.2 Å². The second-order valence-electron chi connectivity index (χ2n) is 5.69. The molecular weight excluding hydrogens is 206 g/mol. The lowest BCUT2D eigenvalue weighted by Crippen LogP contribution is -2.23. The van der Waals surface area contributed by atoms with Gasteiger partial charge in [-0.25, -0.2) is 0 Å². The largest absolute Gasteiger partial charge is 0.365 e. The van der Waals surface area contributed by atoms with E-state index in [-0.39, 0.29) is 0 Å². The zero-order chi connectivity index (χ0) is 12.7. The topological polar surface area (TPSA) is 3.24 Å². The number of fused-ring (bicyclic) bond motifs is 1. The SMILES string of the molecule is C=C1c2cc(C)c(C(C)C)cc2CN1C(C)C. The molecule has 0 spiro atoms. The van der Waals surface area contributed by atoms with Crippen LogP contribution in [0.15, 0.2) is 18.7 Å². The summed E-state index contributed by atoms with van der Waals surface area (Å²) in [6, 6.07) is 5.22. The Morgan fingerprint density at radius 1 is 1.18 bits per heavy atom. The summed E-state index contributed by atoms with van der Waals surface area (Å²) in [5, 5.41) is 0. The van der Waals surface area contributed by atoms with Crippen molar-refractivity contribution in [1.82, 2.24) is 4.90 Å². The summed E-state index contributed by atoms with van der Waals surface area (Å²) < 4.78 is 0. The maximum absolute atomic E-state index is 4.24. The highest BCUT2D eigenvalue weighted by Crippen LogP contribution is 2.36. The van der Waals surface area contributed by atoms with Gasteiger partial charge in [0.05, 0.1) is 0 Å². The van der Waals surface area contributed by atoms with Gasteiger partial charge < -0.3 is 4.90 Å². The summed E-state index contributed by atoms with van der Waals surface area (Å²) >= 11 is 0. The highest BCUT2D eigenvalue weighted by molar-refractivity contribution is 5.70. The van der Waals surface area contributed by atoms with Crippen molar-refractivity contribution in [2.45, 2.75) is 53.1 Å². The van der Waals surface area contributed by atoms with Gasteiger partial charge in [-0.05, 0) is 49.4 Å². The maximum Gasteiger partial charge on any atom is 0.0439 e. The zero-order valence-corrected chi connectivity index (χ0v) is 11.7. The first-order chi connectivity index (χ1) is 7.91. The molecule has 92 valence electrons. The van der Waals surface area contributed by atoms with Gasteiger partial charge in [-0.3, -0.25) is 0 Å². The van der Waals surface area contributed by atoms with Crippen LogP contribution >= 0.6 is 0 Å². The Morgan fingerprint density at radius 2 is 1.82 bits per heavy atom. The fourth-order valence-electron chi connectivity index (χ4n) is 2.72. The van der Waals surface area contributed by atoms with Gasteiger partial charge >= 0.3 is 0 Å². The molecule has 0 unspecified atom stereocenters. The third kappa shape index (κ3) is 1.99. The fraction of sp³-hybridized carbons (Fsp3) is 0.500. The third-order valence-corrected chi connectivity index (χ3v) is 3.74. The summed E-state index contributed by atoms with van der Waals surface area (Å²) in [6.07, 6.45) is 0. The number of benzene rings is 1. The van der Waals surface area contributed by atoms with Gasteiger partial charge in [0.25, 0.3) is 0 Å². The van der Waals surface area contributed by atoms with E-state index < -0.39 is 0 Å². The second kappa shape index (κ2) is 4.21. The molecule has 1 heteroatoms. The molecule has 0 radical (unpaired) electrons. The molecule has 0 aliphatic carbocycles. The van der Waals surface area contributed by atoms with Crippen LogP contribution in [-0.4, -0.2) is 10.9 Å². The average Bonchev–Trinajstić information content (AvgIpc) is 2.55. The standard InChI is InChI=1S/C16H23N/c1-10(2)15-8-14-9-17(11(3)4)13(6)16(14)7-12(15)5/h7-8,10-11H,6,9H2,1-5H3. The minimum Gasteiger partial charge on any atom is -0.365 e. The van der Waals surface area contributed by atoms with Crippen LogP contribution in [0.3, 0.4) is 0 Å². The van der Waals surface area contributed by atoms with Crippen LogP contribution in [0, 0.1) is 6.92 Å². The van der Waals surface area contributed by atoms with Gasteiger partial charge in [0, 0.05) is 23.8 Å². The van der Waals surface area contributed by atoms with Crippen molar-refractivity contribution in [3.05, 3.63) is 41.0 Å². The monoisotopic (exact) mass is 229 g/mol. The van der Waals surface area contributed by atoms with Crippen molar-refractivity contribution in [2.24, 2.45) is 0 Å². The first-order valence-electron chi connectivity index (χ1n) is 6.51. The Kier molecular flexibility index (Phi) is 3.03. The van der Waals surface area contributed by atoms with E-state index in [1.807, 2.05) is 0 Å². The smallest absolute Gasteiger partial charge is 0.0439 e. The summed E-state index contributed by atoms with van der Waals surface area (Å²) in [5.41, 5.74) is 6.85. The summed E-state index contributed by atoms with van der Waals surface area (Å²) in [6.45, 7) is 16.5. The van der Waals surface area contributed by atoms with Crippen molar-refractivity contribution in [1.29, 1.82) is 0 Å². The normalized spacial score (nSPS) is 15.0. The van der Waals surface area contributed by atoms with Crippen LogP contribution in [0.5, 0.6) is 0 Å². The quantitative estimate of drug-likeness (QED) is 0.730. The average molecular weight is 229 g/mol. The van der Waals surface area contributed by atoms with Gasteiger partial charge in [-0.2, -0.15) is 0 Å². The van der Waals surface area contributed by atoms with E-state index in [0.29, 0.717) is 12.0 Å². The van der Waals surface area contributed by atoms with Gasteiger partial charge in [0.2, 0.25) is 0 Å². The van der Waals surface area contributed by atoms with Crippen LogP contribution < -0.4 is 0 Å². The minimum absolute atomic E-state index is 0.526. The lowest BCUT2D eigenvalue weighted by Gasteiger charge is -2.23. The third-order valence-electron chi connectivity index (χ3n) is 3.74. The number of hydrogen-bond donors (Lipinski definition) is 0. The molecule has 0 saturated heterocycles. The second-order valence-corrected chi connectivity index (χ2v) is 5.69. The molecular formula is C16H23N. The van der Waals surface area contributed by atoms with Crippen LogP contribution in [0.25, 0.3) is 5.70 Å². The zero-order valence-electron chi connectivity index (χ0n) is 11.7. The molecule has 0 bridgehead atoms. The predicted octanol–water partition coefficient (Wildman–Crippen LogP) is 4.31. The Hall–Kier alpha value is -1.24. The highest BCUT2D eigenvalue weighted by Gasteiger charge is 2.25. The fourth-order valence-corrected chi connectivity index (χ4v) is 2.72. The Bertz CT molecular complexity index is 455. The van der Waals surface area contributed by atoms with E-state index in [0.717, 1.165) is 6.54 Å². The van der Waals surface area contributed by atoms with Gasteiger partial charge in [0.15, 0.2) is 0 Å². The molecule has 17 heavy (non-hydrogen) atoms. The van der Waals surface area contributed by atoms with Gasteiger partial charge in [-0.15, -0.1) is 0 Å². The summed E-state index contributed by atoms with van der Waals surface area (Å²) in [4.78, 5) is 2.38. The van der Waals surface area contributed by atoms with Crippen molar-refractivity contribution in [3.63, 3.8) is 0 Å². The van der Waals surface area contributed by atoms with Gasteiger partial charge in [-0.1, -0.05) is 26.5 Å². The molecule has 1 nitrogen and oxygen atoms in total. The first-order valence-corrected chi connectivity index (χ1v) is 6.51. The first kappa shape index (κ1) is 12.2. The molecule has 1 aliphatic heterocycles. The molecule has 1 aliphatic rings. The summed E-state index contributed by atoms with van der Waals surface area (Å²) in [7, 11) is 0. The molecule has 0 atom stereocenters. The van der Waals surface area contributed by atoms with Crippen molar-refractivity contribution in [2.75, 3.05) is 0 Å². The molecule has 0 saturated carbocycles. The number of nitrogens with zero attached hydrogens (tertiary/aromatic N) is 1. The maximum atomic E-state index is 4.24. The van der Waals surface area contributed by atoms with E-state index in [9.17, 15) is 0 Å². The minimum atomic E-state index is 0.526. The van der Waals surface area contributed by atoms with Crippen molar-refractivity contribution < 1.29 is 0 Å². The highest BCUT2D eigenvalue weighted by atomic mass is 15.2. The van der Waals surface area contributed by atoms with Crippen LogP contribution in [-0.2, 0) is 6.54 Å². The molecule has 2 rings (SSSR count). The van der Waals surface area contributed by atoms with Crippen molar-refractivity contribution in [3.8, 4) is 0 Å². The van der Waals surface area contributed by atoms with Crippen molar-refractivity contribution >= 4 is 5.70 Å². The lowest BCUT2D eigenvalue weighted by atomic mass is 9.93. The summed E-state index contributed by atoms with van der Waals surface area (Å²) in [5.74, 6) is 0.599. The molecule has 0 fully saturated rings. The molecule has 1 aromatic carbocycles. The Morgan fingerprint density at radius 3 is 2.35 bits per heavy atom. The predicted molar refractivity (Wildman–Crippen MR) is 75.0 cm³/mol. The van der Waals surface area contributed by atoms with Crippen LogP contribution in [0.2, 0.25) is 0 Å². The van der Waals surface area contributed by atoms with E-state index in [1.165, 1.54) is 28.0 Å². The number of rotatable bonds is 2. The number of aryl methyl sites for hydroxylation is 1. The van der Waals surface area contributed by atoms with Crippen LogP contribution in [0.4, 0.5) is 0 Å². The molecule has 0 aromatic heterocycles. The van der Waals surface area contributed by atoms with Gasteiger partial charge in [0.1, 0.15) is 0 Å². The number of hydrogen-bond acceptors (Lipinski definition) is 1. The molecule has 0 N–H and O–H groups in total. The molecule has 1 heterocycles. The molecule has 0 amide bonds. The lowest BCUT2D eigenvalue weighted by molar-refractivity contribution is 0.339. The van der Waals surface area contributed by atoms with Crippen LogP contribution in [0.1, 0.15) is 55.9 Å².